The highest BCUT2D eigenvalue weighted by atomic mass is 16.7. The summed E-state index contributed by atoms with van der Waals surface area (Å²) < 4.78 is 70.0. The number of carbonyl (C=O) groups is 3. The summed E-state index contributed by atoms with van der Waals surface area (Å²) in [6, 6.07) is 2.81. The Hall–Kier alpha value is -4.08. The van der Waals surface area contributed by atoms with Crippen molar-refractivity contribution in [1.82, 2.24) is 14.4 Å². The molecule has 2 aromatic rings. The van der Waals surface area contributed by atoms with E-state index in [1.54, 1.807) is 46.8 Å². The lowest BCUT2D eigenvalue weighted by atomic mass is 9.77. The fraction of sp³-hybridized carbons (Fsp3) is 0.800. The Morgan fingerprint density at radius 2 is 1.57 bits per heavy atom. The number of nitrogens with zero attached hydrogens (tertiary/aromatic N) is 3. The molecule has 1 aromatic carbocycles. The number of aromatic carboxylic acids is 1. The second kappa shape index (κ2) is 29.1. The minimum Gasteiger partial charge on any atom is -0.495 e. The van der Waals surface area contributed by atoms with E-state index in [-0.39, 0.29) is 93.2 Å². The fourth-order valence-corrected chi connectivity index (χ4v) is 12.8. The van der Waals surface area contributed by atoms with Crippen LogP contribution in [0.25, 0.3) is 10.9 Å². The van der Waals surface area contributed by atoms with Crippen LogP contribution < -0.4 is 15.5 Å². The van der Waals surface area contributed by atoms with Crippen molar-refractivity contribution in [3.05, 3.63) is 34.1 Å². The lowest BCUT2D eigenvalue weighted by Crippen LogP contribution is -2.61. The van der Waals surface area contributed by atoms with Crippen LogP contribution >= 0.6 is 0 Å². The van der Waals surface area contributed by atoms with Crippen molar-refractivity contribution in [1.29, 1.82) is 0 Å². The van der Waals surface area contributed by atoms with Gasteiger partial charge in [0, 0.05) is 75.4 Å². The van der Waals surface area contributed by atoms with Crippen LogP contribution in [0, 0.1) is 17.8 Å². The van der Waals surface area contributed by atoms with Crippen LogP contribution in [0.15, 0.2) is 23.1 Å². The van der Waals surface area contributed by atoms with Crippen molar-refractivity contribution in [2.24, 2.45) is 17.8 Å². The van der Waals surface area contributed by atoms with Crippen molar-refractivity contribution in [2.45, 2.75) is 211 Å². The van der Waals surface area contributed by atoms with E-state index in [1.165, 1.54) is 27.5 Å². The SMILES string of the molecule is CC[C@H]1OC(=O)[C@H](C)[C@@H](O[C@H]2C[C@@](C)(OC)[C@@H](OC(=O)CCOCCOCCNc3cc4c(=O)c(C(=O)O)cn(C5CC5)c4cc3OC)[C@H](C)O2)[C@H](C)[C@@H](O[C@@H]2O[C@H](C)C[C@H](N(C)C)[C@H]2O)[C@](C)(O)C[C@@H](C)CN(C)[C@H](C)[C@@H](OC)[C@]1(C)O. The molecule has 3 saturated heterocycles. The smallest absolute Gasteiger partial charge is 0.341 e. The predicted molar refractivity (Wildman–Crippen MR) is 308 cm³/mol. The van der Waals surface area contributed by atoms with Gasteiger partial charge in [-0.3, -0.25) is 14.4 Å². The normalized spacial score (nSPS) is 36.2. The van der Waals surface area contributed by atoms with E-state index in [2.05, 4.69) is 10.2 Å². The van der Waals surface area contributed by atoms with Gasteiger partial charge in [-0.15, -0.1) is 0 Å². The molecule has 4 heterocycles. The molecule has 6 rings (SSSR count). The number of anilines is 1. The Morgan fingerprint density at radius 1 is 0.892 bits per heavy atom. The quantitative estimate of drug-likeness (QED) is 0.0767. The van der Waals surface area contributed by atoms with Gasteiger partial charge < -0.3 is 92.2 Å². The van der Waals surface area contributed by atoms with Crippen molar-refractivity contribution >= 4 is 34.5 Å². The third-order valence-corrected chi connectivity index (χ3v) is 17.5. The zero-order valence-electron chi connectivity index (χ0n) is 51.9. The van der Waals surface area contributed by atoms with E-state index in [1.807, 2.05) is 65.2 Å². The van der Waals surface area contributed by atoms with Gasteiger partial charge in [0.2, 0.25) is 5.43 Å². The Balaban J connectivity index is 1.11. The maximum absolute atomic E-state index is 14.7. The number of aliphatic hydroxyl groups is 3. The lowest BCUT2D eigenvalue weighted by molar-refractivity contribution is -0.318. The second-order valence-electron chi connectivity index (χ2n) is 24.6. The number of fused-ring (bicyclic) bond motifs is 1. The zero-order chi connectivity index (χ0) is 61.5. The molecule has 1 aromatic heterocycles. The number of carboxylic acid groups (broad SMARTS) is 1. The highest BCUT2D eigenvalue weighted by Gasteiger charge is 2.54. The predicted octanol–water partition coefficient (Wildman–Crippen LogP) is 5.00. The Morgan fingerprint density at radius 3 is 2.17 bits per heavy atom. The van der Waals surface area contributed by atoms with Gasteiger partial charge in [0.1, 0.15) is 40.8 Å². The summed E-state index contributed by atoms with van der Waals surface area (Å²) >= 11 is 0. The lowest BCUT2D eigenvalue weighted by Gasteiger charge is -2.49. The Labute approximate surface area is 489 Å². The highest BCUT2D eigenvalue weighted by Crippen LogP contribution is 2.42. The molecule has 0 bridgehead atoms. The number of hydrogen-bond acceptors (Lipinski definition) is 21. The van der Waals surface area contributed by atoms with Gasteiger partial charge in [0.15, 0.2) is 18.7 Å². The van der Waals surface area contributed by atoms with Gasteiger partial charge in [-0.1, -0.05) is 20.8 Å². The van der Waals surface area contributed by atoms with Gasteiger partial charge in [-0.25, -0.2) is 4.79 Å². The van der Waals surface area contributed by atoms with Crippen LogP contribution in [0.5, 0.6) is 5.75 Å². The summed E-state index contributed by atoms with van der Waals surface area (Å²) in [6.07, 6.45) is -5.15. The number of carboxylic acids is 1. The summed E-state index contributed by atoms with van der Waals surface area (Å²) in [7, 11) is 10.2. The Bertz CT molecular complexity index is 2530. The molecular weight excluding hydrogens is 1080 g/mol. The monoisotopic (exact) mass is 1180 g/mol. The number of rotatable bonds is 22. The molecule has 83 heavy (non-hydrogen) atoms. The fourth-order valence-electron chi connectivity index (χ4n) is 12.8. The molecule has 0 spiro atoms. The summed E-state index contributed by atoms with van der Waals surface area (Å²) in [4.78, 5) is 57.2. The maximum Gasteiger partial charge on any atom is 0.341 e. The molecule has 0 radical (unpaired) electrons. The number of carbonyl (C=O) groups excluding carboxylic acids is 2. The third-order valence-electron chi connectivity index (χ3n) is 17.5. The number of benzene rings is 1. The first-order valence-corrected chi connectivity index (χ1v) is 29.5. The number of pyridine rings is 1. The number of cyclic esters (lactones) is 1. The average Bonchev–Trinajstić information content (AvgIpc) is 3.15. The average molecular weight is 1180 g/mol. The maximum atomic E-state index is 14.7. The van der Waals surface area contributed by atoms with Gasteiger partial charge >= 0.3 is 17.9 Å². The first-order chi connectivity index (χ1) is 39.0. The summed E-state index contributed by atoms with van der Waals surface area (Å²) in [5.41, 5.74) is -4.15. The standard InChI is InChI=1S/C60H98N4O19/c1-17-46-60(10,72)53(74-15)37(6)63(13)31-33(2)29-58(8,71)52(83-57-50(67)44(62(11)12)26-34(3)78-57)35(4)51(36(5)56(70)80-46)82-48-30-59(9,75-16)54(38(7)79-48)81-47(65)20-22-76-24-25-77-23-21-61-42-27-40-43(28-45(42)73-14)64(39-18-19-39)32-41(49(40)66)55(68)69/h27-28,32-39,44,46,48,50-54,57,61,67,71-72H,17-26,29-31H2,1-16H3,(H,68,69)/t33-,34-,35+,36-,37-,38+,44+,46-,48+,50-,51+,52-,53-,54+,57+,58-,59-,60-/m1/s1. The summed E-state index contributed by atoms with van der Waals surface area (Å²) in [5.74, 6) is -4.06. The number of esters is 2. The van der Waals surface area contributed by atoms with E-state index in [0.717, 1.165) is 12.8 Å². The molecule has 1 aliphatic carbocycles. The van der Waals surface area contributed by atoms with Crippen LogP contribution in [-0.4, -0.2) is 225 Å². The Kier molecular flexibility index (Phi) is 23.8. The molecule has 18 atom stereocenters. The van der Waals surface area contributed by atoms with Gasteiger partial charge in [0.05, 0.1) is 87.1 Å². The minimum absolute atomic E-state index is 0.0377. The first-order valence-electron chi connectivity index (χ1n) is 29.5. The van der Waals surface area contributed by atoms with Crippen LogP contribution in [0.1, 0.15) is 131 Å². The van der Waals surface area contributed by atoms with Crippen molar-refractivity contribution in [2.75, 3.05) is 87.3 Å². The second-order valence-corrected chi connectivity index (χ2v) is 24.6. The van der Waals surface area contributed by atoms with Gasteiger partial charge in [-0.05, 0) is 114 Å². The van der Waals surface area contributed by atoms with E-state index in [4.69, 9.17) is 52.1 Å². The largest absolute Gasteiger partial charge is 0.495 e. The molecule has 23 heteroatoms. The number of likely N-dealkylation sites (N-methyl/N-ethyl adjacent to an activating group) is 2. The molecule has 0 amide bonds. The summed E-state index contributed by atoms with van der Waals surface area (Å²) in [6.45, 7) is 19.5. The molecule has 3 aliphatic heterocycles. The van der Waals surface area contributed by atoms with Crippen LogP contribution in [0.4, 0.5) is 5.69 Å². The minimum atomic E-state index is -1.64. The van der Waals surface area contributed by atoms with E-state index < -0.39 is 107 Å². The van der Waals surface area contributed by atoms with Crippen LogP contribution in [-0.2, 0) is 57.0 Å². The number of hydrogen-bond donors (Lipinski definition) is 5. The van der Waals surface area contributed by atoms with Gasteiger partial charge in [0.25, 0.3) is 0 Å². The highest BCUT2D eigenvalue weighted by molar-refractivity contribution is 5.94. The van der Waals surface area contributed by atoms with Gasteiger partial charge in [-0.2, -0.15) is 0 Å². The van der Waals surface area contributed by atoms with Crippen LogP contribution in [0.3, 0.4) is 0 Å². The zero-order valence-corrected chi connectivity index (χ0v) is 51.9. The van der Waals surface area contributed by atoms with Crippen LogP contribution in [0.2, 0.25) is 0 Å². The summed E-state index contributed by atoms with van der Waals surface area (Å²) in [5, 5.41) is 50.1. The molecular formula is C60H98N4O19. The molecule has 472 valence electrons. The van der Waals surface area contributed by atoms with E-state index >= 15 is 0 Å². The first kappa shape index (κ1) is 68.0. The number of aliphatic hydroxyl groups excluding tert-OH is 1. The van der Waals surface area contributed by atoms with Crippen molar-refractivity contribution in [3.8, 4) is 5.75 Å². The number of aromatic nitrogens is 1. The third kappa shape index (κ3) is 16.3. The number of methoxy groups -OCH3 is 3. The number of ether oxygens (including phenoxy) is 11. The van der Waals surface area contributed by atoms with Crippen molar-refractivity contribution < 1.29 is 86.9 Å². The van der Waals surface area contributed by atoms with E-state index in [0.29, 0.717) is 36.5 Å². The number of nitrogens with one attached hydrogen (secondary N) is 1. The van der Waals surface area contributed by atoms with Crippen molar-refractivity contribution in [3.63, 3.8) is 0 Å². The molecule has 4 fully saturated rings. The van der Waals surface area contributed by atoms with E-state index in [9.17, 15) is 39.6 Å². The molecule has 23 nitrogen and oxygen atoms in total. The topological polar surface area (TPSA) is 274 Å². The molecule has 1 saturated carbocycles. The molecule has 4 aliphatic rings. The molecule has 5 N–H and O–H groups in total. The molecule has 0 unspecified atom stereocenters.